The molecule has 0 radical (unpaired) electrons. The van der Waals surface area contributed by atoms with Crippen LogP contribution in [-0.2, 0) is 5.41 Å². The van der Waals surface area contributed by atoms with Crippen molar-refractivity contribution < 1.29 is 37.0 Å². The van der Waals surface area contributed by atoms with Crippen LogP contribution in [0, 0.1) is 0 Å². The summed E-state index contributed by atoms with van der Waals surface area (Å²) in [6, 6.07) is -0.209. The van der Waals surface area contributed by atoms with Crippen LogP contribution in [0.1, 0.15) is 59.3 Å². The highest BCUT2D eigenvalue weighted by Gasteiger charge is 2.51. The summed E-state index contributed by atoms with van der Waals surface area (Å²) in [6.45, 7) is 0. The molecule has 11 aromatic carbocycles. The van der Waals surface area contributed by atoms with Gasteiger partial charge in [-0.05, 0) is 125 Å². The molecule has 0 saturated carbocycles. The van der Waals surface area contributed by atoms with Crippen molar-refractivity contribution in [1.82, 2.24) is 0 Å². The predicted molar refractivity (Wildman–Crippen MR) is 276 cm³/mol. The van der Waals surface area contributed by atoms with Crippen LogP contribution in [0.2, 0.25) is 0 Å². The van der Waals surface area contributed by atoms with E-state index in [1.54, 1.807) is 0 Å². The Morgan fingerprint density at radius 1 is 0.385 bits per heavy atom. The third kappa shape index (κ3) is 5.20. The summed E-state index contributed by atoms with van der Waals surface area (Å²) in [5.41, 5.74) is -5.98. The first kappa shape index (κ1) is 19.0. The molecule has 1 aromatic heterocycles. The van der Waals surface area contributed by atoms with Gasteiger partial charge in [-0.3, -0.25) is 0 Å². The molecule has 0 aliphatic heterocycles. The number of fused-ring (bicyclic) bond motifs is 15. The van der Waals surface area contributed by atoms with E-state index in [1.165, 1.54) is 60.7 Å². The first-order chi connectivity index (χ1) is 43.4. The SMILES string of the molecule is [2H]c1cc2c(c([2H])c1[2H])-c1c(cc([2H])c([2H])c1[2H])C21c2cc(N(c3ccc(-c4cc([2H])c5c([2H])c([2H])c([2H])cc5c4-c4c([2H])c([2H])cc5c4sc4cc([2H])c([2H])c([2H])c45)c([2H])c3[2H])c3c([2H])c([2H])c4c([2H])cccc4c3[2H])c([2H])c([2H])c2-c2c([2H])c([2H])c([2H])c([2H])c21. The zero-order valence-corrected chi connectivity index (χ0v) is 34.1. The maximum atomic E-state index is 10.2. The fourth-order valence-electron chi connectivity index (χ4n) is 9.55. The molecule has 1 spiro atoms. The summed E-state index contributed by atoms with van der Waals surface area (Å²) in [7, 11) is 0. The number of hydrogen-bond donors (Lipinski definition) is 0. The van der Waals surface area contributed by atoms with Crippen LogP contribution in [-0.4, -0.2) is 0 Å². The molecule has 2 aliphatic rings. The summed E-state index contributed by atoms with van der Waals surface area (Å²) < 4.78 is 252. The highest BCUT2D eigenvalue weighted by atomic mass is 32.1. The van der Waals surface area contributed by atoms with E-state index in [2.05, 4.69) is 0 Å². The Morgan fingerprint density at radius 3 is 1.98 bits per heavy atom. The normalized spacial score (nSPS) is 18.9. The van der Waals surface area contributed by atoms with Crippen molar-refractivity contribution in [2.24, 2.45) is 0 Å². The highest BCUT2D eigenvalue weighted by molar-refractivity contribution is 7.26. The maximum Gasteiger partial charge on any atom is 0.0726 e. The van der Waals surface area contributed by atoms with Gasteiger partial charge in [0.1, 0.15) is 0 Å². The molecule has 0 atom stereocenters. The fourth-order valence-corrected chi connectivity index (χ4v) is 10.7. The first-order valence-corrected chi connectivity index (χ1v) is 21.1. The van der Waals surface area contributed by atoms with Crippen molar-refractivity contribution in [3.05, 3.63) is 258 Å². The van der Waals surface area contributed by atoms with Crippen LogP contribution >= 0.6 is 11.3 Å². The summed E-state index contributed by atoms with van der Waals surface area (Å²) in [5, 5.41) is -0.00968. The smallest absolute Gasteiger partial charge is 0.0726 e. The lowest BCUT2D eigenvalue weighted by atomic mass is 9.70. The van der Waals surface area contributed by atoms with Crippen molar-refractivity contribution in [3.63, 3.8) is 0 Å². The average molecular weight is 869 g/mol. The van der Waals surface area contributed by atoms with Gasteiger partial charge in [0.2, 0.25) is 0 Å². The molecule has 0 saturated heterocycles. The lowest BCUT2D eigenvalue weighted by molar-refractivity contribution is 0.793. The van der Waals surface area contributed by atoms with Crippen LogP contribution in [0.25, 0.3) is 86.2 Å². The van der Waals surface area contributed by atoms with Gasteiger partial charge in [0.05, 0.1) is 42.4 Å². The average Bonchev–Trinajstić information content (AvgIpc) is 1.48. The van der Waals surface area contributed by atoms with Gasteiger partial charge in [0.15, 0.2) is 0 Å². The molecule has 0 N–H and O–H groups in total. The molecule has 0 amide bonds. The lowest BCUT2D eigenvalue weighted by Gasteiger charge is -2.32. The van der Waals surface area contributed by atoms with Crippen molar-refractivity contribution in [1.29, 1.82) is 0 Å². The van der Waals surface area contributed by atoms with Crippen molar-refractivity contribution >= 4 is 70.1 Å². The van der Waals surface area contributed by atoms with Crippen molar-refractivity contribution in [3.8, 4) is 44.5 Å². The minimum atomic E-state index is -2.29. The first-order valence-electron chi connectivity index (χ1n) is 33.8. The Labute approximate surface area is 419 Å². The van der Waals surface area contributed by atoms with Crippen LogP contribution in [0.5, 0.6) is 0 Å². The van der Waals surface area contributed by atoms with E-state index in [-0.39, 0.29) is 122 Å². The van der Waals surface area contributed by atoms with Gasteiger partial charge in [-0.2, -0.15) is 0 Å². The van der Waals surface area contributed by atoms with Gasteiger partial charge < -0.3 is 4.90 Å². The number of thiophene rings is 1. The summed E-state index contributed by atoms with van der Waals surface area (Å²) in [5.74, 6) is 0. The molecule has 0 unspecified atom stereocenters. The largest absolute Gasteiger partial charge is 0.310 e. The molecular formula is C63H39NS. The van der Waals surface area contributed by atoms with E-state index in [0.717, 1.165) is 28.4 Å². The van der Waals surface area contributed by atoms with Gasteiger partial charge in [-0.1, -0.05) is 194 Å². The molecule has 12 aromatic rings. The Bertz CT molecular complexity index is 5460. The lowest BCUT2D eigenvalue weighted by Crippen LogP contribution is -2.26. The second kappa shape index (κ2) is 14.0. The molecule has 14 rings (SSSR count). The monoisotopic (exact) mass is 868 g/mol. The molecule has 0 fully saturated rings. The molecule has 1 heterocycles. The van der Waals surface area contributed by atoms with Gasteiger partial charge in [-0.25, -0.2) is 0 Å². The van der Waals surface area contributed by atoms with Gasteiger partial charge in [0.25, 0.3) is 0 Å². The minimum absolute atomic E-state index is 0.0492. The Hall–Kier alpha value is -8.04. The maximum absolute atomic E-state index is 10.2. The molecule has 1 nitrogen and oxygen atoms in total. The van der Waals surface area contributed by atoms with Crippen LogP contribution in [0.4, 0.5) is 17.1 Å². The van der Waals surface area contributed by atoms with Gasteiger partial charge in [-0.15, -0.1) is 11.3 Å². The van der Waals surface area contributed by atoms with E-state index in [0.29, 0.717) is 4.70 Å². The second-order valence-corrected chi connectivity index (χ2v) is 16.5. The van der Waals surface area contributed by atoms with Gasteiger partial charge >= 0.3 is 0 Å². The zero-order valence-electron chi connectivity index (χ0n) is 60.3. The Morgan fingerprint density at radius 2 is 1.09 bits per heavy atom. The molecular weight excluding hydrogens is 803 g/mol. The van der Waals surface area contributed by atoms with Crippen molar-refractivity contribution in [2.75, 3.05) is 4.90 Å². The topological polar surface area (TPSA) is 3.24 Å². The summed E-state index contributed by atoms with van der Waals surface area (Å²) in [4.78, 5) is 1.00. The molecule has 65 heavy (non-hydrogen) atoms. The minimum Gasteiger partial charge on any atom is -0.310 e. The molecule has 302 valence electrons. The van der Waals surface area contributed by atoms with Crippen LogP contribution in [0.15, 0.2) is 236 Å². The van der Waals surface area contributed by atoms with E-state index in [1.807, 2.05) is 0 Å². The number of benzene rings is 11. The van der Waals surface area contributed by atoms with Crippen molar-refractivity contribution in [2.45, 2.75) is 5.41 Å². The quantitative estimate of drug-likeness (QED) is 0.167. The third-order valence-corrected chi connectivity index (χ3v) is 13.4. The summed E-state index contributed by atoms with van der Waals surface area (Å²) in [6.07, 6.45) is 0. The highest BCUT2D eigenvalue weighted by Crippen LogP contribution is 2.63. The van der Waals surface area contributed by atoms with Crippen LogP contribution < -0.4 is 4.90 Å². The number of hydrogen-bond acceptors (Lipinski definition) is 2. The third-order valence-electron chi connectivity index (χ3n) is 12.2. The van der Waals surface area contributed by atoms with E-state index in [9.17, 15) is 17.8 Å². The number of nitrogens with zero attached hydrogens (tertiary/aromatic N) is 1. The summed E-state index contributed by atoms with van der Waals surface area (Å²) >= 11 is 1.01. The molecule has 2 aliphatic carbocycles. The van der Waals surface area contributed by atoms with Gasteiger partial charge in [0, 0.05) is 42.8 Å². The number of anilines is 3. The number of rotatable bonds is 5. The van der Waals surface area contributed by atoms with E-state index in [4.69, 9.17) is 19.2 Å². The molecule has 0 bridgehead atoms. The Balaban J connectivity index is 1.13. The standard InChI is InChI=1S/C63H39NS/c1-2-16-43-38-45(34-28-40(43)14-1)64(46-35-37-52-51-20-7-11-26-58(51)63(59(52)39-46)56-24-9-5-18-49(56)50-19-6-10-25-57(50)63)44-32-29-42(30-33-44)48-36-31-41-15-3-4-17-47(41)61(48)55-23-13-22-54-53-21-8-12-27-60(53)65-62(54)55/h1-39H/i3D,4D,5D,6D,7D,8D,9D,10D,11D,12D,13D,14D,15D,18D,19D,20D,21D,23D,26D,28D,29D,31D,32D,34D,35D,37D,38D. The van der Waals surface area contributed by atoms with E-state index >= 15 is 0 Å². The predicted octanol–water partition coefficient (Wildman–Crippen LogP) is 17.5. The second-order valence-electron chi connectivity index (χ2n) is 15.4. The fraction of sp³-hybridized carbons (Fsp3) is 0.0159. The molecule has 2 heteroatoms. The van der Waals surface area contributed by atoms with Crippen LogP contribution in [0.3, 0.4) is 0 Å². The van der Waals surface area contributed by atoms with E-state index < -0.39 is 167 Å². The zero-order chi connectivity index (χ0) is 66.1. The Kier molecular flexibility index (Phi) is 4.08.